The van der Waals surface area contributed by atoms with Crippen molar-refractivity contribution in [2.75, 3.05) is 6.54 Å². The number of nitrogens with two attached hydrogens (primary N) is 1. The molecule has 1 aromatic carbocycles. The van der Waals surface area contributed by atoms with Gasteiger partial charge in [-0.15, -0.1) is 0 Å². The highest BCUT2D eigenvalue weighted by Crippen LogP contribution is 2.08. The molecule has 2 N–H and O–H groups in total. The van der Waals surface area contributed by atoms with Gasteiger partial charge in [-0.3, -0.25) is 0 Å². The molecule has 0 unspecified atom stereocenters. The zero-order chi connectivity index (χ0) is 9.68. The summed E-state index contributed by atoms with van der Waals surface area (Å²) in [6, 6.07) is 8.02. The molecule has 0 heterocycles. The monoisotopic (exact) mass is 179 g/mol. The summed E-state index contributed by atoms with van der Waals surface area (Å²) in [4.78, 5) is 0. The lowest BCUT2D eigenvalue weighted by molar-refractivity contribution is 0.699. The van der Waals surface area contributed by atoms with Gasteiger partial charge < -0.3 is 5.73 Å². The molecule has 0 saturated carbocycles. The molecular formula is C11H14FN. The number of halogens is 1. The predicted octanol–water partition coefficient (Wildman–Crippen LogP) is 2.35. The van der Waals surface area contributed by atoms with Gasteiger partial charge in [0.1, 0.15) is 0 Å². The Balaban J connectivity index is 2.69. The molecule has 13 heavy (non-hydrogen) atoms. The van der Waals surface area contributed by atoms with Crippen molar-refractivity contribution in [3.05, 3.63) is 47.3 Å². The first kappa shape index (κ1) is 9.93. The third-order valence-electron chi connectivity index (χ3n) is 1.97. The lowest BCUT2D eigenvalue weighted by atomic mass is 10.1. The molecule has 0 aliphatic heterocycles. The summed E-state index contributed by atoms with van der Waals surface area (Å²) in [5.74, 6) is 0. The van der Waals surface area contributed by atoms with Crippen LogP contribution in [0.3, 0.4) is 0 Å². The summed E-state index contributed by atoms with van der Waals surface area (Å²) in [6.45, 7) is 2.31. The molecule has 0 aromatic heterocycles. The Hall–Kier alpha value is -1.15. The normalized spacial score (nSPS) is 11.8. The van der Waals surface area contributed by atoms with E-state index >= 15 is 0 Å². The second-order valence-corrected chi connectivity index (χ2v) is 3.13. The zero-order valence-corrected chi connectivity index (χ0v) is 7.76. The number of aryl methyl sites for hydroxylation is 1. The van der Waals surface area contributed by atoms with Crippen LogP contribution in [-0.2, 0) is 6.42 Å². The maximum atomic E-state index is 12.2. The fourth-order valence-corrected chi connectivity index (χ4v) is 1.12. The molecule has 0 aliphatic carbocycles. The highest BCUT2D eigenvalue weighted by Gasteiger charge is 1.97. The van der Waals surface area contributed by atoms with Crippen LogP contribution in [0.25, 0.3) is 0 Å². The Morgan fingerprint density at radius 3 is 2.46 bits per heavy atom. The first-order chi connectivity index (χ1) is 6.26. The van der Waals surface area contributed by atoms with E-state index in [4.69, 9.17) is 5.73 Å². The molecule has 0 fully saturated rings. The SMILES string of the molecule is Cc1ccc(CC(=CF)CN)cc1. The van der Waals surface area contributed by atoms with E-state index in [-0.39, 0.29) is 6.54 Å². The number of rotatable bonds is 3. The topological polar surface area (TPSA) is 26.0 Å². The van der Waals surface area contributed by atoms with Gasteiger partial charge in [0, 0.05) is 6.54 Å². The molecule has 0 bridgehead atoms. The fraction of sp³-hybridized carbons (Fsp3) is 0.273. The van der Waals surface area contributed by atoms with Crippen molar-refractivity contribution in [3.63, 3.8) is 0 Å². The van der Waals surface area contributed by atoms with Crippen molar-refractivity contribution >= 4 is 0 Å². The van der Waals surface area contributed by atoms with Crippen LogP contribution in [0.15, 0.2) is 36.2 Å². The smallest absolute Gasteiger partial charge is 0.0875 e. The molecule has 1 aromatic rings. The standard InChI is InChI=1S/C11H14FN/c1-9-2-4-10(5-3-9)6-11(7-12)8-13/h2-5,7H,6,8,13H2,1H3. The van der Waals surface area contributed by atoms with Crippen LogP contribution in [0.4, 0.5) is 4.39 Å². The Labute approximate surface area is 78.1 Å². The average molecular weight is 179 g/mol. The van der Waals surface area contributed by atoms with E-state index in [0.29, 0.717) is 18.3 Å². The van der Waals surface area contributed by atoms with Crippen LogP contribution in [0.2, 0.25) is 0 Å². The van der Waals surface area contributed by atoms with Crippen molar-refractivity contribution in [1.29, 1.82) is 0 Å². The van der Waals surface area contributed by atoms with Gasteiger partial charge in [-0.2, -0.15) is 0 Å². The van der Waals surface area contributed by atoms with Gasteiger partial charge in [0.25, 0.3) is 0 Å². The largest absolute Gasteiger partial charge is 0.327 e. The van der Waals surface area contributed by atoms with E-state index in [1.54, 1.807) is 0 Å². The molecule has 1 rings (SSSR count). The van der Waals surface area contributed by atoms with Crippen LogP contribution in [0, 0.1) is 6.92 Å². The van der Waals surface area contributed by atoms with Crippen LogP contribution < -0.4 is 5.73 Å². The summed E-state index contributed by atoms with van der Waals surface area (Å²) < 4.78 is 12.2. The minimum absolute atomic E-state index is 0.282. The molecule has 0 atom stereocenters. The average Bonchev–Trinajstić information content (AvgIpc) is 2.17. The lowest BCUT2D eigenvalue weighted by Crippen LogP contribution is -2.05. The van der Waals surface area contributed by atoms with E-state index < -0.39 is 0 Å². The summed E-state index contributed by atoms with van der Waals surface area (Å²) in [5, 5.41) is 0. The van der Waals surface area contributed by atoms with Crippen LogP contribution in [0.5, 0.6) is 0 Å². The van der Waals surface area contributed by atoms with E-state index in [2.05, 4.69) is 0 Å². The third-order valence-corrected chi connectivity index (χ3v) is 1.97. The first-order valence-corrected chi connectivity index (χ1v) is 4.30. The van der Waals surface area contributed by atoms with Crippen LogP contribution in [-0.4, -0.2) is 6.54 Å². The summed E-state index contributed by atoms with van der Waals surface area (Å²) in [7, 11) is 0. The summed E-state index contributed by atoms with van der Waals surface area (Å²) >= 11 is 0. The predicted molar refractivity (Wildman–Crippen MR) is 53.1 cm³/mol. The number of benzene rings is 1. The van der Waals surface area contributed by atoms with Gasteiger partial charge in [-0.05, 0) is 24.5 Å². The van der Waals surface area contributed by atoms with Crippen molar-refractivity contribution in [2.24, 2.45) is 5.73 Å². The lowest BCUT2D eigenvalue weighted by Gasteiger charge is -2.02. The van der Waals surface area contributed by atoms with Crippen molar-refractivity contribution in [3.8, 4) is 0 Å². The molecule has 0 amide bonds. The molecule has 2 heteroatoms. The molecule has 0 radical (unpaired) electrons. The minimum atomic E-state index is 0.282. The van der Waals surface area contributed by atoms with Gasteiger partial charge in [-0.1, -0.05) is 29.8 Å². The second-order valence-electron chi connectivity index (χ2n) is 3.13. The Morgan fingerprint density at radius 2 is 2.00 bits per heavy atom. The highest BCUT2D eigenvalue weighted by molar-refractivity contribution is 5.25. The van der Waals surface area contributed by atoms with Crippen LogP contribution in [0.1, 0.15) is 11.1 Å². The second kappa shape index (κ2) is 4.77. The van der Waals surface area contributed by atoms with E-state index in [0.717, 1.165) is 5.56 Å². The van der Waals surface area contributed by atoms with Crippen LogP contribution >= 0.6 is 0 Å². The van der Waals surface area contributed by atoms with Gasteiger partial charge in [0.05, 0.1) is 6.33 Å². The molecule has 70 valence electrons. The molecule has 1 nitrogen and oxygen atoms in total. The van der Waals surface area contributed by atoms with E-state index in [1.807, 2.05) is 31.2 Å². The van der Waals surface area contributed by atoms with E-state index in [9.17, 15) is 4.39 Å². The Bertz CT molecular complexity index is 287. The van der Waals surface area contributed by atoms with Gasteiger partial charge >= 0.3 is 0 Å². The Morgan fingerprint density at radius 1 is 1.38 bits per heavy atom. The molecule has 0 spiro atoms. The zero-order valence-electron chi connectivity index (χ0n) is 7.76. The summed E-state index contributed by atoms with van der Waals surface area (Å²) in [6.07, 6.45) is 1.20. The van der Waals surface area contributed by atoms with Crippen molar-refractivity contribution < 1.29 is 4.39 Å². The Kier molecular flexibility index (Phi) is 3.65. The number of hydrogen-bond donors (Lipinski definition) is 1. The molecule has 0 aliphatic rings. The quantitative estimate of drug-likeness (QED) is 0.757. The number of hydrogen-bond acceptors (Lipinski definition) is 1. The van der Waals surface area contributed by atoms with E-state index in [1.165, 1.54) is 5.56 Å². The highest BCUT2D eigenvalue weighted by atomic mass is 19.1. The van der Waals surface area contributed by atoms with Gasteiger partial charge in [0.15, 0.2) is 0 Å². The van der Waals surface area contributed by atoms with Gasteiger partial charge in [0.2, 0.25) is 0 Å². The van der Waals surface area contributed by atoms with Crippen molar-refractivity contribution in [1.82, 2.24) is 0 Å². The van der Waals surface area contributed by atoms with Gasteiger partial charge in [-0.25, -0.2) is 4.39 Å². The fourth-order valence-electron chi connectivity index (χ4n) is 1.12. The molecular weight excluding hydrogens is 165 g/mol. The molecule has 0 saturated heterocycles. The maximum absolute atomic E-state index is 12.2. The maximum Gasteiger partial charge on any atom is 0.0875 e. The summed E-state index contributed by atoms with van der Waals surface area (Å²) in [5.41, 5.74) is 8.29. The van der Waals surface area contributed by atoms with Crippen molar-refractivity contribution in [2.45, 2.75) is 13.3 Å². The first-order valence-electron chi connectivity index (χ1n) is 4.30. The third kappa shape index (κ3) is 2.99. The minimum Gasteiger partial charge on any atom is -0.327 e.